The Hall–Kier alpha value is -2.76. The van der Waals surface area contributed by atoms with Crippen LogP contribution < -0.4 is 10.1 Å². The minimum Gasteiger partial charge on any atom is -0.487 e. The van der Waals surface area contributed by atoms with Crippen molar-refractivity contribution < 1.29 is 9.53 Å². The van der Waals surface area contributed by atoms with Crippen LogP contribution in [0.3, 0.4) is 0 Å². The minimum atomic E-state index is -0.111. The van der Waals surface area contributed by atoms with Crippen LogP contribution in [0.15, 0.2) is 42.5 Å². The Morgan fingerprint density at radius 1 is 1.38 bits per heavy atom. The molecule has 1 N–H and O–H groups in total. The standard InChI is InChI=1S/C20H26N4O2/c1-14(2)13-26-19-8-6-5-7-18(19)21-20(25)23-10-9-17(12-23)24-16(4)11-15(3)22-24/h5-8,11,17H,1,9-10,12-13H2,2-4H3,(H,21,25). The van der Waals surface area contributed by atoms with Crippen molar-refractivity contribution in [3.05, 3.63) is 53.9 Å². The average molecular weight is 354 g/mol. The van der Waals surface area contributed by atoms with E-state index in [4.69, 9.17) is 4.74 Å². The molecule has 1 unspecified atom stereocenters. The normalized spacial score (nSPS) is 16.6. The third-order valence-electron chi connectivity index (χ3n) is 4.44. The number of nitrogens with one attached hydrogen (secondary N) is 1. The van der Waals surface area contributed by atoms with Gasteiger partial charge < -0.3 is 15.0 Å². The van der Waals surface area contributed by atoms with E-state index in [0.29, 0.717) is 31.1 Å². The number of rotatable bonds is 5. The minimum absolute atomic E-state index is 0.111. The molecule has 138 valence electrons. The first kappa shape index (κ1) is 18.0. The Labute approximate surface area is 154 Å². The highest BCUT2D eigenvalue weighted by Gasteiger charge is 2.29. The van der Waals surface area contributed by atoms with Crippen LogP contribution >= 0.6 is 0 Å². The molecule has 2 aromatic rings. The molecule has 6 nitrogen and oxygen atoms in total. The number of likely N-dealkylation sites (tertiary alicyclic amines) is 1. The molecule has 3 rings (SSSR count). The molecule has 1 saturated heterocycles. The molecule has 1 fully saturated rings. The van der Waals surface area contributed by atoms with Crippen molar-refractivity contribution >= 4 is 11.7 Å². The number of benzene rings is 1. The second-order valence-electron chi connectivity index (χ2n) is 6.93. The molecule has 1 aliphatic heterocycles. The maximum Gasteiger partial charge on any atom is 0.322 e. The van der Waals surface area contributed by atoms with E-state index in [1.54, 1.807) is 0 Å². The summed E-state index contributed by atoms with van der Waals surface area (Å²) in [4.78, 5) is 14.5. The number of urea groups is 1. The Morgan fingerprint density at radius 3 is 2.85 bits per heavy atom. The molecule has 1 aromatic heterocycles. The highest BCUT2D eigenvalue weighted by Crippen LogP contribution is 2.27. The van der Waals surface area contributed by atoms with Crippen LogP contribution in [0.5, 0.6) is 5.75 Å². The zero-order chi connectivity index (χ0) is 18.7. The van der Waals surface area contributed by atoms with Gasteiger partial charge in [0, 0.05) is 18.8 Å². The molecular formula is C20H26N4O2. The fraction of sp³-hybridized carbons (Fsp3) is 0.400. The molecule has 1 aromatic carbocycles. The molecule has 0 spiro atoms. The van der Waals surface area contributed by atoms with E-state index in [9.17, 15) is 4.79 Å². The lowest BCUT2D eigenvalue weighted by atomic mass is 10.2. The summed E-state index contributed by atoms with van der Waals surface area (Å²) in [5.41, 5.74) is 3.74. The Bertz CT molecular complexity index is 812. The Balaban J connectivity index is 1.64. The SMILES string of the molecule is C=C(C)COc1ccccc1NC(=O)N1CCC(n2nc(C)cc2C)C1. The van der Waals surface area contributed by atoms with Gasteiger partial charge in [-0.15, -0.1) is 0 Å². The fourth-order valence-corrected chi connectivity index (χ4v) is 3.23. The van der Waals surface area contributed by atoms with Crippen LogP contribution in [-0.4, -0.2) is 40.4 Å². The van der Waals surface area contributed by atoms with E-state index >= 15 is 0 Å². The highest BCUT2D eigenvalue weighted by molar-refractivity contribution is 5.91. The van der Waals surface area contributed by atoms with Gasteiger partial charge in [0.05, 0.1) is 17.4 Å². The molecule has 0 saturated carbocycles. The summed E-state index contributed by atoms with van der Waals surface area (Å²) in [5, 5.41) is 7.53. The monoisotopic (exact) mass is 354 g/mol. The number of nitrogens with zero attached hydrogens (tertiary/aromatic N) is 3. The first-order valence-electron chi connectivity index (χ1n) is 8.89. The van der Waals surface area contributed by atoms with Gasteiger partial charge in [-0.3, -0.25) is 4.68 Å². The number of aromatic nitrogens is 2. The largest absolute Gasteiger partial charge is 0.487 e. The Morgan fingerprint density at radius 2 is 2.15 bits per heavy atom. The number of carbonyl (C=O) groups is 1. The van der Waals surface area contributed by atoms with Crippen molar-refractivity contribution in [1.82, 2.24) is 14.7 Å². The average Bonchev–Trinajstić information content (AvgIpc) is 3.20. The molecule has 2 amide bonds. The van der Waals surface area contributed by atoms with Crippen LogP contribution in [0.1, 0.15) is 30.8 Å². The van der Waals surface area contributed by atoms with E-state index in [1.807, 2.05) is 47.7 Å². The zero-order valence-corrected chi connectivity index (χ0v) is 15.7. The summed E-state index contributed by atoms with van der Waals surface area (Å²) in [5.74, 6) is 0.651. The Kier molecular flexibility index (Phi) is 5.30. The summed E-state index contributed by atoms with van der Waals surface area (Å²) < 4.78 is 7.76. The molecule has 2 heterocycles. The summed E-state index contributed by atoms with van der Waals surface area (Å²) in [7, 11) is 0. The number of hydrogen-bond donors (Lipinski definition) is 1. The summed E-state index contributed by atoms with van der Waals surface area (Å²) in [6, 6.07) is 9.65. The van der Waals surface area contributed by atoms with E-state index in [-0.39, 0.29) is 12.1 Å². The van der Waals surface area contributed by atoms with Crippen LogP contribution in [-0.2, 0) is 0 Å². The predicted octanol–water partition coefficient (Wildman–Crippen LogP) is 3.93. The molecule has 6 heteroatoms. The number of para-hydroxylation sites is 2. The van der Waals surface area contributed by atoms with Gasteiger partial charge in [0.25, 0.3) is 0 Å². The number of amides is 2. The van der Waals surface area contributed by atoms with Crippen molar-refractivity contribution in [3.8, 4) is 5.75 Å². The third kappa shape index (κ3) is 4.07. The lowest BCUT2D eigenvalue weighted by Crippen LogP contribution is -2.33. The lowest BCUT2D eigenvalue weighted by molar-refractivity contribution is 0.220. The lowest BCUT2D eigenvalue weighted by Gasteiger charge is -2.19. The van der Waals surface area contributed by atoms with Crippen molar-refractivity contribution in [3.63, 3.8) is 0 Å². The van der Waals surface area contributed by atoms with Crippen molar-refractivity contribution in [2.24, 2.45) is 0 Å². The number of ether oxygens (including phenoxy) is 1. The van der Waals surface area contributed by atoms with E-state index < -0.39 is 0 Å². The van der Waals surface area contributed by atoms with Crippen molar-refractivity contribution in [2.75, 3.05) is 25.0 Å². The quantitative estimate of drug-likeness (QED) is 0.828. The molecule has 0 radical (unpaired) electrons. The summed E-state index contributed by atoms with van der Waals surface area (Å²) >= 11 is 0. The maximum absolute atomic E-state index is 12.7. The first-order chi connectivity index (χ1) is 12.4. The topological polar surface area (TPSA) is 59.4 Å². The van der Waals surface area contributed by atoms with Gasteiger partial charge in [0.15, 0.2) is 0 Å². The van der Waals surface area contributed by atoms with Gasteiger partial charge in [-0.2, -0.15) is 5.10 Å². The van der Waals surface area contributed by atoms with Gasteiger partial charge in [0.2, 0.25) is 0 Å². The fourth-order valence-electron chi connectivity index (χ4n) is 3.23. The molecular weight excluding hydrogens is 328 g/mol. The molecule has 1 aliphatic rings. The van der Waals surface area contributed by atoms with Gasteiger partial charge in [-0.05, 0) is 51.0 Å². The first-order valence-corrected chi connectivity index (χ1v) is 8.89. The third-order valence-corrected chi connectivity index (χ3v) is 4.44. The van der Waals surface area contributed by atoms with Crippen LogP contribution in [0.4, 0.5) is 10.5 Å². The number of anilines is 1. The van der Waals surface area contributed by atoms with Gasteiger partial charge in [-0.1, -0.05) is 18.7 Å². The van der Waals surface area contributed by atoms with E-state index in [0.717, 1.165) is 23.4 Å². The van der Waals surface area contributed by atoms with Crippen molar-refractivity contribution in [2.45, 2.75) is 33.2 Å². The zero-order valence-electron chi connectivity index (χ0n) is 15.7. The summed E-state index contributed by atoms with van der Waals surface area (Å²) in [6.45, 7) is 11.6. The van der Waals surface area contributed by atoms with E-state index in [2.05, 4.69) is 30.0 Å². The van der Waals surface area contributed by atoms with Gasteiger partial charge in [-0.25, -0.2) is 4.79 Å². The second-order valence-corrected chi connectivity index (χ2v) is 6.93. The van der Waals surface area contributed by atoms with Crippen molar-refractivity contribution in [1.29, 1.82) is 0 Å². The molecule has 1 atom stereocenters. The second kappa shape index (κ2) is 7.64. The number of carbonyl (C=O) groups excluding carboxylic acids is 1. The number of aryl methyl sites for hydroxylation is 2. The maximum atomic E-state index is 12.7. The summed E-state index contributed by atoms with van der Waals surface area (Å²) in [6.07, 6.45) is 0.906. The highest BCUT2D eigenvalue weighted by atomic mass is 16.5. The number of hydrogen-bond acceptors (Lipinski definition) is 3. The smallest absolute Gasteiger partial charge is 0.322 e. The molecule has 0 aliphatic carbocycles. The van der Waals surface area contributed by atoms with E-state index in [1.165, 1.54) is 0 Å². The molecule has 0 bridgehead atoms. The van der Waals surface area contributed by atoms with Crippen LogP contribution in [0.25, 0.3) is 0 Å². The predicted molar refractivity (Wildman–Crippen MR) is 103 cm³/mol. The van der Waals surface area contributed by atoms with Crippen LogP contribution in [0.2, 0.25) is 0 Å². The van der Waals surface area contributed by atoms with Gasteiger partial charge in [0.1, 0.15) is 12.4 Å². The van der Waals surface area contributed by atoms with Gasteiger partial charge >= 0.3 is 6.03 Å². The molecule has 26 heavy (non-hydrogen) atoms. The van der Waals surface area contributed by atoms with Crippen LogP contribution in [0, 0.1) is 13.8 Å².